The molecule has 1 amide bonds. The number of nitrogens with one attached hydrogen (secondary N) is 1. The topological polar surface area (TPSA) is 69.9 Å². The third kappa shape index (κ3) is 6.21. The molecule has 6 nitrogen and oxygen atoms in total. The lowest BCUT2D eigenvalue weighted by atomic mass is 10.1. The minimum atomic E-state index is -2.94. The lowest BCUT2D eigenvalue weighted by Gasteiger charge is -2.12. The van der Waals surface area contributed by atoms with Gasteiger partial charge in [0.1, 0.15) is 17.3 Å². The Balaban J connectivity index is 1.50. The Morgan fingerprint density at radius 2 is 1.77 bits per heavy atom. The molecule has 0 aliphatic heterocycles. The third-order valence-corrected chi connectivity index (χ3v) is 4.57. The van der Waals surface area contributed by atoms with Crippen molar-refractivity contribution in [1.29, 1.82) is 0 Å². The lowest BCUT2D eigenvalue weighted by Crippen LogP contribution is -2.23. The number of alkyl halides is 2. The summed E-state index contributed by atoms with van der Waals surface area (Å²) in [7, 11) is 2.97. The number of furan rings is 1. The van der Waals surface area contributed by atoms with Gasteiger partial charge in [-0.05, 0) is 54.1 Å². The molecule has 0 saturated carbocycles. The highest BCUT2D eigenvalue weighted by molar-refractivity contribution is 5.76. The van der Waals surface area contributed by atoms with Gasteiger partial charge in [0.05, 0.1) is 14.2 Å². The highest BCUT2D eigenvalue weighted by atomic mass is 19.3. The van der Waals surface area contributed by atoms with Crippen molar-refractivity contribution >= 4 is 5.91 Å². The monoisotopic (exact) mass is 431 g/mol. The minimum absolute atomic E-state index is 0.0574. The maximum Gasteiger partial charge on any atom is 0.387 e. The van der Waals surface area contributed by atoms with Crippen molar-refractivity contribution in [2.45, 2.75) is 26.0 Å². The van der Waals surface area contributed by atoms with Gasteiger partial charge < -0.3 is 23.9 Å². The van der Waals surface area contributed by atoms with E-state index in [9.17, 15) is 13.6 Å². The Hall–Kier alpha value is -3.55. The van der Waals surface area contributed by atoms with Crippen LogP contribution in [0.15, 0.2) is 59.0 Å². The number of carbonyl (C=O) groups excluding carboxylic acids is 1. The summed E-state index contributed by atoms with van der Waals surface area (Å²) in [4.78, 5) is 12.2. The summed E-state index contributed by atoms with van der Waals surface area (Å²) >= 11 is 0. The first-order valence-corrected chi connectivity index (χ1v) is 9.60. The SMILES string of the molecule is COc1ccc(-c2ccc(CCC(=O)NCc3ccc(OC(F)F)c(OC)c3)o2)cc1. The first-order valence-electron chi connectivity index (χ1n) is 9.60. The normalized spacial score (nSPS) is 10.7. The van der Waals surface area contributed by atoms with Gasteiger partial charge in [-0.25, -0.2) is 0 Å². The minimum Gasteiger partial charge on any atom is -0.497 e. The van der Waals surface area contributed by atoms with Crippen LogP contribution in [-0.2, 0) is 17.8 Å². The van der Waals surface area contributed by atoms with Gasteiger partial charge in [-0.1, -0.05) is 6.07 Å². The van der Waals surface area contributed by atoms with Crippen molar-refractivity contribution in [3.8, 4) is 28.6 Å². The second kappa shape index (κ2) is 10.5. The van der Waals surface area contributed by atoms with Crippen LogP contribution in [0.3, 0.4) is 0 Å². The molecule has 2 aromatic carbocycles. The molecule has 0 aliphatic carbocycles. The zero-order valence-electron chi connectivity index (χ0n) is 17.2. The van der Waals surface area contributed by atoms with E-state index in [-0.39, 0.29) is 30.4 Å². The predicted octanol–water partition coefficient (Wildman–Crippen LogP) is 4.81. The van der Waals surface area contributed by atoms with Crippen molar-refractivity contribution in [2.75, 3.05) is 14.2 Å². The van der Waals surface area contributed by atoms with Gasteiger partial charge in [0, 0.05) is 24.9 Å². The average Bonchev–Trinajstić information content (AvgIpc) is 3.25. The van der Waals surface area contributed by atoms with E-state index < -0.39 is 6.61 Å². The van der Waals surface area contributed by atoms with Gasteiger partial charge in [0.2, 0.25) is 5.91 Å². The molecule has 0 saturated heterocycles. The smallest absolute Gasteiger partial charge is 0.387 e. The first kappa shape index (κ1) is 22.1. The Morgan fingerprint density at radius 1 is 1.00 bits per heavy atom. The fourth-order valence-corrected chi connectivity index (χ4v) is 2.96. The summed E-state index contributed by atoms with van der Waals surface area (Å²) in [6.07, 6.45) is 0.700. The van der Waals surface area contributed by atoms with Crippen LogP contribution >= 0.6 is 0 Å². The van der Waals surface area contributed by atoms with E-state index in [2.05, 4.69) is 10.1 Å². The molecule has 3 aromatic rings. The molecule has 0 atom stereocenters. The largest absolute Gasteiger partial charge is 0.497 e. The molecule has 164 valence electrons. The van der Waals surface area contributed by atoms with E-state index in [0.29, 0.717) is 17.7 Å². The predicted molar refractivity (Wildman–Crippen MR) is 110 cm³/mol. The molecule has 0 aliphatic rings. The fraction of sp³-hybridized carbons (Fsp3) is 0.261. The number of carbonyl (C=O) groups is 1. The lowest BCUT2D eigenvalue weighted by molar-refractivity contribution is -0.121. The van der Waals surface area contributed by atoms with E-state index >= 15 is 0 Å². The van der Waals surface area contributed by atoms with Crippen LogP contribution in [0.4, 0.5) is 8.78 Å². The number of benzene rings is 2. The number of rotatable bonds is 10. The maximum atomic E-state index is 12.4. The number of ether oxygens (including phenoxy) is 3. The van der Waals surface area contributed by atoms with Crippen LogP contribution in [-0.4, -0.2) is 26.7 Å². The first-order chi connectivity index (χ1) is 15.0. The van der Waals surface area contributed by atoms with Gasteiger partial charge in [-0.2, -0.15) is 8.78 Å². The molecule has 0 radical (unpaired) electrons. The molecule has 0 fully saturated rings. The molecule has 1 aromatic heterocycles. The fourth-order valence-electron chi connectivity index (χ4n) is 2.96. The zero-order valence-corrected chi connectivity index (χ0v) is 17.2. The molecular formula is C23H23F2NO5. The van der Waals surface area contributed by atoms with Crippen LogP contribution in [0, 0.1) is 0 Å². The molecule has 8 heteroatoms. The van der Waals surface area contributed by atoms with Crippen LogP contribution in [0.5, 0.6) is 17.2 Å². The van der Waals surface area contributed by atoms with Crippen molar-refractivity contribution in [3.63, 3.8) is 0 Å². The van der Waals surface area contributed by atoms with Crippen LogP contribution < -0.4 is 19.5 Å². The molecule has 0 unspecified atom stereocenters. The number of amides is 1. The van der Waals surface area contributed by atoms with E-state index in [0.717, 1.165) is 17.1 Å². The quantitative estimate of drug-likeness (QED) is 0.499. The zero-order chi connectivity index (χ0) is 22.2. The number of hydrogen-bond acceptors (Lipinski definition) is 5. The number of methoxy groups -OCH3 is 2. The number of halogens is 2. The molecule has 1 N–H and O–H groups in total. The Bertz CT molecular complexity index is 1000. The average molecular weight is 431 g/mol. The maximum absolute atomic E-state index is 12.4. The number of aryl methyl sites for hydroxylation is 1. The number of hydrogen-bond donors (Lipinski definition) is 1. The summed E-state index contributed by atoms with van der Waals surface area (Å²) in [5.74, 6) is 2.15. The van der Waals surface area contributed by atoms with Gasteiger partial charge in [0.25, 0.3) is 0 Å². The highest BCUT2D eigenvalue weighted by Crippen LogP contribution is 2.29. The van der Waals surface area contributed by atoms with E-state index in [1.165, 1.54) is 13.2 Å². The van der Waals surface area contributed by atoms with Crippen molar-refractivity contribution in [1.82, 2.24) is 5.32 Å². The van der Waals surface area contributed by atoms with Crippen molar-refractivity contribution in [2.24, 2.45) is 0 Å². The molecule has 31 heavy (non-hydrogen) atoms. The summed E-state index contributed by atoms with van der Waals surface area (Å²) in [6.45, 7) is -2.70. The molecule has 3 rings (SSSR count). The summed E-state index contributed by atoms with van der Waals surface area (Å²) in [5.41, 5.74) is 1.62. The van der Waals surface area contributed by atoms with E-state index in [1.54, 1.807) is 19.2 Å². The molecular weight excluding hydrogens is 408 g/mol. The summed E-state index contributed by atoms with van der Waals surface area (Å²) in [5, 5.41) is 2.79. The Labute approximate surface area is 178 Å². The van der Waals surface area contributed by atoms with Crippen molar-refractivity contribution in [3.05, 3.63) is 65.9 Å². The van der Waals surface area contributed by atoms with E-state index in [4.69, 9.17) is 13.9 Å². The second-order valence-electron chi connectivity index (χ2n) is 6.63. The summed E-state index contributed by atoms with van der Waals surface area (Å²) < 4.78 is 45.2. The van der Waals surface area contributed by atoms with Crippen LogP contribution in [0.25, 0.3) is 11.3 Å². The summed E-state index contributed by atoms with van der Waals surface area (Å²) in [6, 6.07) is 15.7. The van der Waals surface area contributed by atoms with Gasteiger partial charge in [-0.15, -0.1) is 0 Å². The third-order valence-electron chi connectivity index (χ3n) is 4.57. The standard InChI is InChI=1S/C23H23F2NO5/c1-28-17-6-4-16(5-7-17)19-11-8-18(30-19)9-12-22(27)26-14-15-3-10-20(31-23(24)25)21(13-15)29-2/h3-8,10-11,13,23H,9,12,14H2,1-2H3,(H,26,27). The second-order valence-corrected chi connectivity index (χ2v) is 6.63. The van der Waals surface area contributed by atoms with Gasteiger partial charge in [0.15, 0.2) is 11.5 Å². The Morgan fingerprint density at radius 3 is 2.45 bits per heavy atom. The van der Waals surface area contributed by atoms with E-state index in [1.807, 2.05) is 36.4 Å². The van der Waals surface area contributed by atoms with Crippen LogP contribution in [0.2, 0.25) is 0 Å². The molecule has 0 spiro atoms. The van der Waals surface area contributed by atoms with Crippen molar-refractivity contribution < 1.29 is 32.2 Å². The highest BCUT2D eigenvalue weighted by Gasteiger charge is 2.12. The van der Waals surface area contributed by atoms with Gasteiger partial charge >= 0.3 is 6.61 Å². The Kier molecular flexibility index (Phi) is 7.48. The molecule has 1 heterocycles. The molecule has 0 bridgehead atoms. The van der Waals surface area contributed by atoms with Gasteiger partial charge in [-0.3, -0.25) is 4.79 Å². The van der Waals surface area contributed by atoms with Crippen LogP contribution in [0.1, 0.15) is 17.7 Å².